The van der Waals surface area contributed by atoms with Crippen LogP contribution in [0.3, 0.4) is 0 Å². The smallest absolute Gasteiger partial charge is 0.243 e. The van der Waals surface area contributed by atoms with Gasteiger partial charge in [0.2, 0.25) is 10.0 Å². The maximum Gasteiger partial charge on any atom is 0.243 e. The van der Waals surface area contributed by atoms with Gasteiger partial charge in [0, 0.05) is 32.7 Å². The van der Waals surface area contributed by atoms with Crippen LogP contribution in [0.15, 0.2) is 23.1 Å². The van der Waals surface area contributed by atoms with Crippen molar-refractivity contribution < 1.29 is 17.5 Å². The minimum atomic E-state index is -3.74. The summed E-state index contributed by atoms with van der Waals surface area (Å²) in [5.41, 5.74) is 0.414. The van der Waals surface area contributed by atoms with Crippen LogP contribution >= 0.6 is 11.6 Å². The van der Waals surface area contributed by atoms with E-state index in [0.29, 0.717) is 25.3 Å². The van der Waals surface area contributed by atoms with Gasteiger partial charge in [0.1, 0.15) is 5.82 Å². The Hall–Kier alpha value is -0.690. The number of hydrogen-bond donors (Lipinski definition) is 0. The van der Waals surface area contributed by atoms with Gasteiger partial charge in [-0.3, -0.25) is 0 Å². The van der Waals surface area contributed by atoms with Crippen molar-refractivity contribution in [3.05, 3.63) is 29.6 Å². The maximum absolute atomic E-state index is 13.4. The minimum Gasteiger partial charge on any atom is -0.381 e. The third-order valence-corrected chi connectivity index (χ3v) is 5.91. The van der Waals surface area contributed by atoms with Crippen LogP contribution in [0.1, 0.15) is 18.4 Å². The number of ether oxygens (including phenoxy) is 1. The Morgan fingerprint density at radius 2 is 2.05 bits per heavy atom. The van der Waals surface area contributed by atoms with E-state index in [2.05, 4.69) is 0 Å². The lowest BCUT2D eigenvalue weighted by Gasteiger charge is -2.27. The molecule has 1 saturated heterocycles. The lowest BCUT2D eigenvalue weighted by atomic mass is 10.0. The first-order valence-electron chi connectivity index (χ1n) is 6.83. The monoisotopic (exact) mass is 335 g/mol. The van der Waals surface area contributed by atoms with Crippen molar-refractivity contribution in [2.24, 2.45) is 5.92 Å². The Kier molecular flexibility index (Phi) is 5.60. The van der Waals surface area contributed by atoms with Gasteiger partial charge >= 0.3 is 0 Å². The molecule has 0 spiro atoms. The molecule has 2 rings (SSSR count). The molecule has 1 aliphatic rings. The zero-order valence-electron chi connectivity index (χ0n) is 11.9. The second-order valence-electron chi connectivity index (χ2n) is 5.23. The summed E-state index contributed by atoms with van der Waals surface area (Å²) in [7, 11) is -2.21. The normalized spacial score (nSPS) is 17.3. The summed E-state index contributed by atoms with van der Waals surface area (Å²) in [6.45, 7) is 1.72. The molecule has 21 heavy (non-hydrogen) atoms. The Bertz CT molecular complexity index is 588. The van der Waals surface area contributed by atoms with Gasteiger partial charge in [-0.15, -0.1) is 11.6 Å². The number of hydrogen-bond acceptors (Lipinski definition) is 3. The molecule has 1 heterocycles. The lowest BCUT2D eigenvalue weighted by Crippen LogP contribution is -2.34. The summed E-state index contributed by atoms with van der Waals surface area (Å²) in [5.74, 6) is -0.284. The predicted octanol–water partition coefficient (Wildman–Crippen LogP) is 2.61. The fourth-order valence-corrected chi connectivity index (χ4v) is 4.23. The fourth-order valence-electron chi connectivity index (χ4n) is 2.44. The number of nitrogens with zero attached hydrogens (tertiary/aromatic N) is 1. The van der Waals surface area contributed by atoms with Crippen LogP contribution in [-0.2, 0) is 20.6 Å². The van der Waals surface area contributed by atoms with E-state index in [0.717, 1.165) is 18.9 Å². The van der Waals surface area contributed by atoms with Crippen molar-refractivity contribution >= 4 is 21.6 Å². The van der Waals surface area contributed by atoms with Crippen molar-refractivity contribution in [1.29, 1.82) is 0 Å². The highest BCUT2D eigenvalue weighted by Gasteiger charge is 2.27. The van der Waals surface area contributed by atoms with Gasteiger partial charge in [-0.1, -0.05) is 6.07 Å². The van der Waals surface area contributed by atoms with Gasteiger partial charge in [-0.05, 0) is 36.5 Å². The topological polar surface area (TPSA) is 46.6 Å². The largest absolute Gasteiger partial charge is 0.381 e. The second kappa shape index (κ2) is 7.05. The van der Waals surface area contributed by atoms with Crippen molar-refractivity contribution in [3.63, 3.8) is 0 Å². The van der Waals surface area contributed by atoms with E-state index in [-0.39, 0.29) is 16.7 Å². The third kappa shape index (κ3) is 3.94. The summed E-state index contributed by atoms with van der Waals surface area (Å²) >= 11 is 5.77. The highest BCUT2D eigenvalue weighted by Crippen LogP contribution is 2.24. The van der Waals surface area contributed by atoms with Gasteiger partial charge in [0.15, 0.2) is 0 Å². The summed E-state index contributed by atoms with van der Waals surface area (Å²) < 4.78 is 45.2. The lowest BCUT2D eigenvalue weighted by molar-refractivity contribution is 0.0620. The van der Waals surface area contributed by atoms with Crippen LogP contribution in [0.5, 0.6) is 0 Å². The Morgan fingerprint density at radius 3 is 2.67 bits per heavy atom. The van der Waals surface area contributed by atoms with Gasteiger partial charge in [-0.25, -0.2) is 17.1 Å². The number of benzene rings is 1. The molecule has 0 aliphatic carbocycles. The van der Waals surface area contributed by atoms with Crippen LogP contribution in [0.25, 0.3) is 0 Å². The molecule has 4 nitrogen and oxygen atoms in total. The molecular formula is C14H19ClFNO3S. The van der Waals surface area contributed by atoms with Crippen LogP contribution in [0.4, 0.5) is 4.39 Å². The van der Waals surface area contributed by atoms with Crippen LogP contribution in [0, 0.1) is 11.7 Å². The van der Waals surface area contributed by atoms with Gasteiger partial charge in [-0.2, -0.15) is 0 Å². The average Bonchev–Trinajstić information content (AvgIpc) is 2.48. The molecule has 1 aromatic carbocycles. The first kappa shape index (κ1) is 16.7. The summed E-state index contributed by atoms with van der Waals surface area (Å²) in [4.78, 5) is -0.0490. The number of rotatable bonds is 5. The average molecular weight is 336 g/mol. The zero-order chi connectivity index (χ0) is 15.5. The first-order chi connectivity index (χ1) is 9.95. The molecule has 0 saturated carbocycles. The molecule has 0 N–H and O–H groups in total. The number of sulfonamides is 1. The quantitative estimate of drug-likeness (QED) is 0.777. The van der Waals surface area contributed by atoms with E-state index in [1.54, 1.807) is 0 Å². The fraction of sp³-hybridized carbons (Fsp3) is 0.571. The van der Waals surface area contributed by atoms with Crippen LogP contribution in [-0.4, -0.2) is 39.5 Å². The predicted molar refractivity (Wildman–Crippen MR) is 79.3 cm³/mol. The molecule has 1 aliphatic heterocycles. The number of halogens is 2. The van der Waals surface area contributed by atoms with Crippen LogP contribution < -0.4 is 0 Å². The molecule has 0 amide bonds. The third-order valence-electron chi connectivity index (χ3n) is 3.72. The van der Waals surface area contributed by atoms with E-state index < -0.39 is 15.8 Å². The summed E-state index contributed by atoms with van der Waals surface area (Å²) in [6.07, 6.45) is 1.68. The van der Waals surface area contributed by atoms with Crippen molar-refractivity contribution in [3.8, 4) is 0 Å². The molecule has 0 unspecified atom stereocenters. The molecule has 0 radical (unpaired) electrons. The van der Waals surface area contributed by atoms with E-state index in [9.17, 15) is 12.8 Å². The SMILES string of the molecule is CN(CC1CCOCC1)S(=O)(=O)c1cc(F)ccc1CCl. The Balaban J connectivity index is 2.22. The molecule has 118 valence electrons. The minimum absolute atomic E-state index is 0.0277. The van der Waals surface area contributed by atoms with Gasteiger partial charge in [0.25, 0.3) is 0 Å². The van der Waals surface area contributed by atoms with Crippen LogP contribution in [0.2, 0.25) is 0 Å². The van der Waals surface area contributed by atoms with E-state index in [4.69, 9.17) is 16.3 Å². The van der Waals surface area contributed by atoms with Crippen molar-refractivity contribution in [2.45, 2.75) is 23.6 Å². The zero-order valence-corrected chi connectivity index (χ0v) is 13.5. The van der Waals surface area contributed by atoms with Gasteiger partial charge in [0.05, 0.1) is 4.90 Å². The molecule has 0 atom stereocenters. The maximum atomic E-state index is 13.4. The first-order valence-corrected chi connectivity index (χ1v) is 8.81. The molecule has 0 aromatic heterocycles. The second-order valence-corrected chi connectivity index (χ2v) is 7.51. The molecular weight excluding hydrogens is 317 g/mol. The molecule has 7 heteroatoms. The molecule has 0 bridgehead atoms. The van der Waals surface area contributed by atoms with Crippen molar-refractivity contribution in [1.82, 2.24) is 4.31 Å². The van der Waals surface area contributed by atoms with Gasteiger partial charge < -0.3 is 4.74 Å². The highest BCUT2D eigenvalue weighted by atomic mass is 35.5. The molecule has 1 fully saturated rings. The summed E-state index contributed by atoms with van der Waals surface area (Å²) in [6, 6.07) is 3.67. The molecule has 1 aromatic rings. The van der Waals surface area contributed by atoms with Crippen molar-refractivity contribution in [2.75, 3.05) is 26.8 Å². The Labute approximate surface area is 129 Å². The van der Waals surface area contributed by atoms with E-state index in [1.807, 2.05) is 0 Å². The summed E-state index contributed by atoms with van der Waals surface area (Å²) in [5, 5.41) is 0. The Morgan fingerprint density at radius 1 is 1.38 bits per heavy atom. The van der Waals surface area contributed by atoms with E-state index in [1.165, 1.54) is 23.5 Å². The van der Waals surface area contributed by atoms with E-state index >= 15 is 0 Å². The highest BCUT2D eigenvalue weighted by molar-refractivity contribution is 7.89. The standard InChI is InChI=1S/C14H19ClFNO3S/c1-17(10-11-4-6-20-7-5-11)21(18,19)14-8-13(16)3-2-12(14)9-15/h2-3,8,11H,4-7,9-10H2,1H3. The number of alkyl halides is 1.